The van der Waals surface area contributed by atoms with E-state index in [0.717, 1.165) is 16.3 Å². The number of amides is 1. The van der Waals surface area contributed by atoms with Gasteiger partial charge in [0.15, 0.2) is 5.13 Å². The average Bonchev–Trinajstić information content (AvgIpc) is 2.80. The van der Waals surface area contributed by atoms with E-state index >= 15 is 0 Å². The number of carbonyl (C=O) groups excluding carboxylic acids is 1. The van der Waals surface area contributed by atoms with Gasteiger partial charge in [-0.3, -0.25) is 4.79 Å². The van der Waals surface area contributed by atoms with Crippen molar-refractivity contribution in [1.29, 1.82) is 0 Å². The molecule has 0 unspecified atom stereocenters. The van der Waals surface area contributed by atoms with Crippen molar-refractivity contribution in [2.75, 3.05) is 11.9 Å². The molecule has 1 amide bonds. The number of aromatic nitrogens is 1. The largest absolute Gasteiger partial charge is 0.330 e. The number of nitrogens with zero attached hydrogens (tertiary/aromatic N) is 1. The van der Waals surface area contributed by atoms with Gasteiger partial charge in [0.05, 0.1) is 5.69 Å². The van der Waals surface area contributed by atoms with Gasteiger partial charge in [-0.05, 0) is 11.6 Å². The summed E-state index contributed by atoms with van der Waals surface area (Å²) in [5.74, 6) is -0.110. The van der Waals surface area contributed by atoms with Crippen molar-refractivity contribution < 1.29 is 4.79 Å². The second-order valence-electron chi connectivity index (χ2n) is 4.00. The Kier molecular flexibility index (Phi) is 4.90. The van der Waals surface area contributed by atoms with Crippen molar-refractivity contribution in [3.8, 4) is 0 Å². The number of carbonyl (C=O) groups is 1. The summed E-state index contributed by atoms with van der Waals surface area (Å²) < 4.78 is 0. The van der Waals surface area contributed by atoms with E-state index in [-0.39, 0.29) is 5.91 Å². The molecule has 19 heavy (non-hydrogen) atoms. The lowest BCUT2D eigenvalue weighted by Gasteiger charge is -2.01. The number of thiazole rings is 1. The Hall–Kier alpha value is -1.43. The summed E-state index contributed by atoms with van der Waals surface area (Å²) in [6.07, 6.45) is 0.961. The van der Waals surface area contributed by atoms with Gasteiger partial charge in [0.1, 0.15) is 0 Å². The fourth-order valence-corrected chi connectivity index (χ4v) is 2.52. The molecule has 0 aliphatic rings. The zero-order valence-electron chi connectivity index (χ0n) is 10.2. The molecule has 0 saturated carbocycles. The molecule has 100 valence electrons. The lowest BCUT2D eigenvalue weighted by atomic mass is 10.1. The van der Waals surface area contributed by atoms with Crippen molar-refractivity contribution in [1.82, 2.24) is 4.98 Å². The maximum Gasteiger partial charge on any atom is 0.227 e. The minimum atomic E-state index is -0.110. The van der Waals surface area contributed by atoms with Crippen LogP contribution in [0.25, 0.3) is 0 Å². The van der Waals surface area contributed by atoms with Crippen molar-refractivity contribution >= 4 is 34.0 Å². The molecule has 0 fully saturated rings. The number of halogens is 1. The number of hydrogen-bond donors (Lipinski definition) is 2. The first-order valence-electron chi connectivity index (χ1n) is 5.87. The summed E-state index contributed by atoms with van der Waals surface area (Å²) in [4.78, 5) is 15.7. The van der Waals surface area contributed by atoms with Gasteiger partial charge in [0.25, 0.3) is 0 Å². The molecule has 0 bridgehead atoms. The van der Waals surface area contributed by atoms with Gasteiger partial charge in [0, 0.05) is 29.8 Å². The summed E-state index contributed by atoms with van der Waals surface area (Å²) in [5.41, 5.74) is 7.23. The molecular weight excluding hydrogens is 282 g/mol. The molecule has 6 heteroatoms. The monoisotopic (exact) mass is 295 g/mol. The highest BCUT2D eigenvalue weighted by Gasteiger charge is 2.07. The quantitative estimate of drug-likeness (QED) is 0.891. The van der Waals surface area contributed by atoms with E-state index in [1.807, 2.05) is 29.6 Å². The van der Waals surface area contributed by atoms with Crippen LogP contribution in [-0.4, -0.2) is 17.4 Å². The van der Waals surface area contributed by atoms with Crippen LogP contribution in [0.4, 0.5) is 5.13 Å². The molecule has 1 aromatic carbocycles. The summed E-state index contributed by atoms with van der Waals surface area (Å²) in [6.45, 7) is 0.337. The lowest BCUT2D eigenvalue weighted by molar-refractivity contribution is -0.116. The number of rotatable bonds is 5. The fraction of sp³-hybridized carbons (Fsp3) is 0.231. The van der Waals surface area contributed by atoms with Crippen molar-refractivity contribution in [2.24, 2.45) is 5.73 Å². The van der Waals surface area contributed by atoms with Crippen LogP contribution in [0.15, 0.2) is 29.6 Å². The van der Waals surface area contributed by atoms with E-state index in [1.54, 1.807) is 0 Å². The molecular formula is C13H14ClN3OS. The highest BCUT2D eigenvalue weighted by atomic mass is 35.5. The minimum absolute atomic E-state index is 0.110. The summed E-state index contributed by atoms with van der Waals surface area (Å²) in [6, 6.07) is 7.66. The van der Waals surface area contributed by atoms with Gasteiger partial charge in [-0.15, -0.1) is 11.3 Å². The Morgan fingerprint density at radius 2 is 2.21 bits per heavy atom. The Morgan fingerprint density at radius 1 is 1.42 bits per heavy atom. The average molecular weight is 296 g/mol. The van der Waals surface area contributed by atoms with E-state index < -0.39 is 0 Å². The summed E-state index contributed by atoms with van der Waals surface area (Å²) >= 11 is 7.50. The second-order valence-corrected chi connectivity index (χ2v) is 5.26. The topological polar surface area (TPSA) is 68.0 Å². The molecule has 4 nitrogen and oxygen atoms in total. The van der Waals surface area contributed by atoms with E-state index in [2.05, 4.69) is 10.3 Å². The maximum absolute atomic E-state index is 11.4. The zero-order chi connectivity index (χ0) is 13.7. The van der Waals surface area contributed by atoms with E-state index in [4.69, 9.17) is 17.3 Å². The molecule has 3 N–H and O–H groups in total. The number of benzene rings is 1. The Morgan fingerprint density at radius 3 is 2.95 bits per heavy atom. The van der Waals surface area contributed by atoms with Gasteiger partial charge in [-0.1, -0.05) is 29.8 Å². The third-order valence-corrected chi connectivity index (χ3v) is 3.67. The Bertz CT molecular complexity index is 571. The van der Waals surface area contributed by atoms with Gasteiger partial charge in [-0.25, -0.2) is 4.98 Å². The molecule has 0 atom stereocenters. The number of nitrogens with one attached hydrogen (secondary N) is 1. The molecule has 0 aliphatic heterocycles. The second kappa shape index (κ2) is 6.65. The molecule has 2 rings (SSSR count). The third-order valence-electron chi connectivity index (χ3n) is 2.50. The standard InChI is InChI=1S/C13H14ClN3OS/c14-11-4-2-1-3-9(11)7-10-8-19-13(16-10)17-12(18)5-6-15/h1-4,8H,5-7,15H2,(H,16,17,18). The summed E-state index contributed by atoms with van der Waals surface area (Å²) in [5, 5.41) is 5.96. The van der Waals surface area contributed by atoms with Crippen LogP contribution in [-0.2, 0) is 11.2 Å². The van der Waals surface area contributed by atoms with Gasteiger partial charge < -0.3 is 11.1 Å². The van der Waals surface area contributed by atoms with Gasteiger partial charge in [0.2, 0.25) is 5.91 Å². The first kappa shape index (κ1) is 14.0. The third kappa shape index (κ3) is 4.02. The highest BCUT2D eigenvalue weighted by Crippen LogP contribution is 2.22. The number of nitrogens with two attached hydrogens (primary N) is 1. The molecule has 1 heterocycles. The smallest absolute Gasteiger partial charge is 0.227 e. The van der Waals surface area contributed by atoms with Crippen molar-refractivity contribution in [3.63, 3.8) is 0 Å². The zero-order valence-corrected chi connectivity index (χ0v) is 11.8. The fourth-order valence-electron chi connectivity index (χ4n) is 1.60. The normalized spacial score (nSPS) is 10.4. The Labute approximate surface area is 120 Å². The van der Waals surface area contributed by atoms with Crippen molar-refractivity contribution in [2.45, 2.75) is 12.8 Å². The van der Waals surface area contributed by atoms with Gasteiger partial charge >= 0.3 is 0 Å². The van der Waals surface area contributed by atoms with E-state index in [1.165, 1.54) is 11.3 Å². The van der Waals surface area contributed by atoms with Crippen LogP contribution >= 0.6 is 22.9 Å². The Balaban J connectivity index is 2.02. The lowest BCUT2D eigenvalue weighted by Crippen LogP contribution is -2.16. The van der Waals surface area contributed by atoms with Crippen LogP contribution in [0.3, 0.4) is 0 Å². The molecule has 0 radical (unpaired) electrons. The van der Waals surface area contributed by atoms with Gasteiger partial charge in [-0.2, -0.15) is 0 Å². The maximum atomic E-state index is 11.4. The molecule has 0 aliphatic carbocycles. The predicted molar refractivity (Wildman–Crippen MR) is 78.7 cm³/mol. The van der Waals surface area contributed by atoms with E-state index in [0.29, 0.717) is 24.5 Å². The van der Waals surface area contributed by atoms with Crippen LogP contribution < -0.4 is 11.1 Å². The minimum Gasteiger partial charge on any atom is -0.330 e. The van der Waals surface area contributed by atoms with Crippen LogP contribution in [0.1, 0.15) is 17.7 Å². The van der Waals surface area contributed by atoms with E-state index in [9.17, 15) is 4.79 Å². The van der Waals surface area contributed by atoms with Crippen molar-refractivity contribution in [3.05, 3.63) is 45.9 Å². The summed E-state index contributed by atoms with van der Waals surface area (Å²) in [7, 11) is 0. The molecule has 0 spiro atoms. The van der Waals surface area contributed by atoms with Crippen LogP contribution in [0.2, 0.25) is 5.02 Å². The molecule has 0 saturated heterocycles. The highest BCUT2D eigenvalue weighted by molar-refractivity contribution is 7.13. The predicted octanol–water partition coefficient (Wildman–Crippen LogP) is 2.67. The number of anilines is 1. The van der Waals surface area contributed by atoms with Crippen LogP contribution in [0, 0.1) is 0 Å². The molecule has 2 aromatic rings. The number of hydrogen-bond acceptors (Lipinski definition) is 4. The van der Waals surface area contributed by atoms with Crippen LogP contribution in [0.5, 0.6) is 0 Å². The first-order chi connectivity index (χ1) is 9.19. The SMILES string of the molecule is NCCC(=O)Nc1nc(Cc2ccccc2Cl)cs1. The first-order valence-corrected chi connectivity index (χ1v) is 7.12. The molecule has 1 aromatic heterocycles.